The van der Waals surface area contributed by atoms with Gasteiger partial charge in [-0.3, -0.25) is 4.90 Å². The van der Waals surface area contributed by atoms with Gasteiger partial charge in [-0.05, 0) is 48.9 Å². The molecule has 1 N–H and O–H groups in total. The molecule has 0 unspecified atom stereocenters. The highest BCUT2D eigenvalue weighted by Gasteiger charge is 2.22. The van der Waals surface area contributed by atoms with Gasteiger partial charge in [-0.25, -0.2) is 4.79 Å². The Bertz CT molecular complexity index is 428. The summed E-state index contributed by atoms with van der Waals surface area (Å²) >= 11 is 0. The molecule has 1 aliphatic heterocycles. The maximum absolute atomic E-state index is 11.6. The predicted octanol–water partition coefficient (Wildman–Crippen LogP) is 2.10. The molecule has 0 atom stereocenters. The second-order valence-corrected chi connectivity index (χ2v) is 4.54. The van der Waals surface area contributed by atoms with E-state index in [0.717, 1.165) is 18.8 Å². The summed E-state index contributed by atoms with van der Waals surface area (Å²) in [6.45, 7) is 1.55. The summed E-state index contributed by atoms with van der Waals surface area (Å²) in [7, 11) is 0. The monoisotopic (exact) mass is 216 g/mol. The van der Waals surface area contributed by atoms with E-state index in [1.54, 1.807) is 0 Å². The van der Waals surface area contributed by atoms with E-state index in [9.17, 15) is 4.79 Å². The molecule has 1 aliphatic carbocycles. The highest BCUT2D eigenvalue weighted by atomic mass is 16.2. The van der Waals surface area contributed by atoms with Gasteiger partial charge in [0.2, 0.25) is 0 Å². The molecular weight excluding hydrogens is 200 g/mol. The Labute approximate surface area is 95.4 Å². The standard InChI is InChI=1S/C13H16N2O/c16-13-14-7-8-15(13)12-6-5-10-3-1-2-4-11(10)9-12/h5-6,9H,1-4,7-8H2,(H,14,16). The largest absolute Gasteiger partial charge is 0.336 e. The third-order valence-electron chi connectivity index (χ3n) is 3.50. The molecule has 84 valence electrons. The Balaban J connectivity index is 1.93. The minimum absolute atomic E-state index is 0.0377. The van der Waals surface area contributed by atoms with Crippen LogP contribution in [0, 0.1) is 0 Å². The van der Waals surface area contributed by atoms with Crippen molar-refractivity contribution >= 4 is 11.7 Å². The fourth-order valence-corrected chi connectivity index (χ4v) is 2.61. The van der Waals surface area contributed by atoms with Crippen molar-refractivity contribution in [1.82, 2.24) is 5.32 Å². The lowest BCUT2D eigenvalue weighted by Gasteiger charge is -2.20. The SMILES string of the molecule is O=C1NCCN1c1ccc2c(c1)CCCC2. The van der Waals surface area contributed by atoms with Crippen molar-refractivity contribution in [3.63, 3.8) is 0 Å². The van der Waals surface area contributed by atoms with E-state index >= 15 is 0 Å². The maximum Gasteiger partial charge on any atom is 0.321 e. The number of anilines is 1. The zero-order valence-corrected chi connectivity index (χ0v) is 9.33. The molecule has 0 aromatic heterocycles. The Kier molecular flexibility index (Phi) is 2.31. The van der Waals surface area contributed by atoms with Gasteiger partial charge < -0.3 is 5.32 Å². The lowest BCUT2D eigenvalue weighted by Crippen LogP contribution is -2.27. The van der Waals surface area contributed by atoms with Gasteiger partial charge in [0.25, 0.3) is 0 Å². The van der Waals surface area contributed by atoms with E-state index in [1.165, 1.54) is 36.8 Å². The van der Waals surface area contributed by atoms with Crippen LogP contribution < -0.4 is 10.2 Å². The van der Waals surface area contributed by atoms with Crippen LogP contribution >= 0.6 is 0 Å². The fourth-order valence-electron chi connectivity index (χ4n) is 2.61. The summed E-state index contributed by atoms with van der Waals surface area (Å²) in [4.78, 5) is 13.4. The van der Waals surface area contributed by atoms with Gasteiger partial charge in [0.05, 0.1) is 0 Å². The van der Waals surface area contributed by atoms with Crippen LogP contribution in [0.15, 0.2) is 18.2 Å². The molecule has 1 heterocycles. The Morgan fingerprint density at radius 1 is 1.12 bits per heavy atom. The average Bonchev–Trinajstić information content (AvgIpc) is 2.75. The van der Waals surface area contributed by atoms with E-state index in [0.29, 0.717) is 0 Å². The van der Waals surface area contributed by atoms with Gasteiger partial charge in [-0.2, -0.15) is 0 Å². The summed E-state index contributed by atoms with van der Waals surface area (Å²) < 4.78 is 0. The molecule has 2 aliphatic rings. The first-order valence-electron chi connectivity index (χ1n) is 6.02. The molecule has 1 fully saturated rings. The van der Waals surface area contributed by atoms with Crippen LogP contribution in [-0.4, -0.2) is 19.1 Å². The topological polar surface area (TPSA) is 32.3 Å². The highest BCUT2D eigenvalue weighted by molar-refractivity contribution is 5.94. The molecule has 0 radical (unpaired) electrons. The van der Waals surface area contributed by atoms with E-state index in [2.05, 4.69) is 23.5 Å². The summed E-state index contributed by atoms with van der Waals surface area (Å²) in [5.74, 6) is 0. The molecule has 1 saturated heterocycles. The smallest absolute Gasteiger partial charge is 0.321 e. The van der Waals surface area contributed by atoms with Crippen molar-refractivity contribution in [3.8, 4) is 0 Å². The Morgan fingerprint density at radius 3 is 2.69 bits per heavy atom. The molecular formula is C13H16N2O. The van der Waals surface area contributed by atoms with Gasteiger partial charge in [-0.1, -0.05) is 6.07 Å². The van der Waals surface area contributed by atoms with Gasteiger partial charge >= 0.3 is 6.03 Å². The Morgan fingerprint density at radius 2 is 1.94 bits per heavy atom. The number of rotatable bonds is 1. The third kappa shape index (κ3) is 1.56. The summed E-state index contributed by atoms with van der Waals surface area (Å²) in [5, 5.41) is 2.84. The van der Waals surface area contributed by atoms with E-state index < -0.39 is 0 Å². The van der Waals surface area contributed by atoms with Gasteiger partial charge in [0, 0.05) is 18.8 Å². The third-order valence-corrected chi connectivity index (χ3v) is 3.50. The highest BCUT2D eigenvalue weighted by Crippen LogP contribution is 2.26. The van der Waals surface area contributed by atoms with Crippen molar-refractivity contribution in [2.75, 3.05) is 18.0 Å². The minimum Gasteiger partial charge on any atom is -0.336 e. The van der Waals surface area contributed by atoms with Crippen molar-refractivity contribution in [1.29, 1.82) is 0 Å². The number of fused-ring (bicyclic) bond motifs is 1. The van der Waals surface area contributed by atoms with E-state index in [4.69, 9.17) is 0 Å². The van der Waals surface area contributed by atoms with Crippen LogP contribution in [-0.2, 0) is 12.8 Å². The molecule has 1 aromatic rings. The molecule has 3 heteroatoms. The molecule has 0 bridgehead atoms. The van der Waals surface area contributed by atoms with Gasteiger partial charge in [-0.15, -0.1) is 0 Å². The number of hydrogen-bond acceptors (Lipinski definition) is 1. The van der Waals surface area contributed by atoms with Crippen molar-refractivity contribution < 1.29 is 4.79 Å². The molecule has 0 spiro atoms. The number of amides is 2. The zero-order chi connectivity index (χ0) is 11.0. The second-order valence-electron chi connectivity index (χ2n) is 4.54. The first-order valence-corrected chi connectivity index (χ1v) is 6.02. The maximum atomic E-state index is 11.6. The van der Waals surface area contributed by atoms with Gasteiger partial charge in [0.1, 0.15) is 0 Å². The molecule has 3 rings (SSSR count). The average molecular weight is 216 g/mol. The number of carbonyl (C=O) groups excluding carboxylic acids is 1. The molecule has 0 saturated carbocycles. The first kappa shape index (κ1) is 9.70. The molecule has 2 amide bonds. The summed E-state index contributed by atoms with van der Waals surface area (Å²) in [6, 6.07) is 6.50. The summed E-state index contributed by atoms with van der Waals surface area (Å²) in [6.07, 6.45) is 4.94. The number of hydrogen-bond donors (Lipinski definition) is 1. The van der Waals surface area contributed by atoms with E-state index in [1.807, 2.05) is 4.90 Å². The van der Waals surface area contributed by atoms with E-state index in [-0.39, 0.29) is 6.03 Å². The van der Waals surface area contributed by atoms with Crippen LogP contribution in [0.25, 0.3) is 0 Å². The van der Waals surface area contributed by atoms with Gasteiger partial charge in [0.15, 0.2) is 0 Å². The molecule has 1 aromatic carbocycles. The van der Waals surface area contributed by atoms with Crippen molar-refractivity contribution in [3.05, 3.63) is 29.3 Å². The Hall–Kier alpha value is -1.51. The van der Waals surface area contributed by atoms with Crippen LogP contribution in [0.2, 0.25) is 0 Å². The summed E-state index contributed by atoms with van der Waals surface area (Å²) in [5.41, 5.74) is 3.95. The van der Waals surface area contributed by atoms with Crippen LogP contribution in [0.1, 0.15) is 24.0 Å². The number of carbonyl (C=O) groups is 1. The number of benzene rings is 1. The zero-order valence-electron chi connectivity index (χ0n) is 9.33. The molecule has 3 nitrogen and oxygen atoms in total. The predicted molar refractivity (Wildman–Crippen MR) is 63.8 cm³/mol. The quantitative estimate of drug-likeness (QED) is 0.766. The number of urea groups is 1. The minimum atomic E-state index is 0.0377. The molecule has 16 heavy (non-hydrogen) atoms. The fraction of sp³-hybridized carbons (Fsp3) is 0.462. The number of aryl methyl sites for hydroxylation is 2. The van der Waals surface area contributed by atoms with Crippen LogP contribution in [0.4, 0.5) is 10.5 Å². The van der Waals surface area contributed by atoms with Crippen molar-refractivity contribution in [2.45, 2.75) is 25.7 Å². The number of nitrogens with zero attached hydrogens (tertiary/aromatic N) is 1. The lowest BCUT2D eigenvalue weighted by molar-refractivity contribution is 0.252. The van der Waals surface area contributed by atoms with Crippen molar-refractivity contribution in [2.24, 2.45) is 0 Å². The number of nitrogens with one attached hydrogen (secondary N) is 1. The first-order chi connectivity index (χ1) is 7.84. The van der Waals surface area contributed by atoms with Crippen LogP contribution in [0.5, 0.6) is 0 Å². The lowest BCUT2D eigenvalue weighted by atomic mass is 9.91. The normalized spacial score (nSPS) is 19.5. The second kappa shape index (κ2) is 3.81. The van der Waals surface area contributed by atoms with Crippen LogP contribution in [0.3, 0.4) is 0 Å².